The number of rotatable bonds is 5. The second-order valence-electron chi connectivity index (χ2n) is 4.94. The van der Waals surface area contributed by atoms with Crippen molar-refractivity contribution in [2.75, 3.05) is 11.3 Å². The van der Waals surface area contributed by atoms with Crippen LogP contribution < -0.4 is 11.3 Å². The Morgan fingerprint density at radius 3 is 2.67 bits per heavy atom. The number of nitrogens with one attached hydrogen (secondary N) is 1. The Morgan fingerprint density at radius 1 is 1.29 bits per heavy atom. The SMILES string of the molecule is Cc1nnc(N/N=C\c2ccn(-c3ccc([N+](=O)[O-])cc3)c2)n1N. The first-order chi connectivity index (χ1) is 11.5. The second-order valence-corrected chi connectivity index (χ2v) is 4.94. The summed E-state index contributed by atoms with van der Waals surface area (Å²) >= 11 is 0. The fourth-order valence-electron chi connectivity index (χ4n) is 2.01. The standard InChI is InChI=1S/C14H14N8O2/c1-10-17-19-14(21(10)15)18-16-8-11-6-7-20(9-11)12-2-4-13(5-3-12)22(23)24/h2-9H,15H2,1H3,(H,18,19)/b16-8-. The van der Waals surface area contributed by atoms with Crippen molar-refractivity contribution in [1.82, 2.24) is 19.4 Å². The molecule has 0 saturated carbocycles. The van der Waals surface area contributed by atoms with Crippen molar-refractivity contribution in [2.45, 2.75) is 6.92 Å². The van der Waals surface area contributed by atoms with Crippen LogP contribution in [-0.2, 0) is 0 Å². The molecule has 2 heterocycles. The van der Waals surface area contributed by atoms with Gasteiger partial charge in [-0.3, -0.25) is 10.1 Å². The number of aryl methyl sites for hydroxylation is 1. The molecule has 0 aliphatic rings. The fraction of sp³-hybridized carbons (Fsp3) is 0.0714. The Morgan fingerprint density at radius 2 is 2.04 bits per heavy atom. The van der Waals surface area contributed by atoms with Gasteiger partial charge in [-0.15, -0.1) is 10.2 Å². The fourth-order valence-corrected chi connectivity index (χ4v) is 2.01. The Labute approximate surface area is 136 Å². The summed E-state index contributed by atoms with van der Waals surface area (Å²) in [5.74, 6) is 6.60. The third-order valence-corrected chi connectivity index (χ3v) is 3.32. The van der Waals surface area contributed by atoms with Gasteiger partial charge in [0.2, 0.25) is 0 Å². The maximum Gasteiger partial charge on any atom is 0.269 e. The minimum absolute atomic E-state index is 0.0538. The van der Waals surface area contributed by atoms with Gasteiger partial charge in [-0.2, -0.15) is 5.10 Å². The van der Waals surface area contributed by atoms with Crippen LogP contribution in [0.5, 0.6) is 0 Å². The molecule has 0 fully saturated rings. The number of hydrogen-bond acceptors (Lipinski definition) is 7. The van der Waals surface area contributed by atoms with E-state index in [1.807, 2.05) is 23.0 Å². The molecule has 3 N–H and O–H groups in total. The Hall–Kier alpha value is -3.69. The summed E-state index contributed by atoms with van der Waals surface area (Å²) in [6.07, 6.45) is 5.27. The minimum Gasteiger partial charge on any atom is -0.335 e. The van der Waals surface area contributed by atoms with E-state index < -0.39 is 4.92 Å². The van der Waals surface area contributed by atoms with E-state index in [1.54, 1.807) is 25.3 Å². The predicted molar refractivity (Wildman–Crippen MR) is 88.5 cm³/mol. The molecule has 0 unspecified atom stereocenters. The van der Waals surface area contributed by atoms with Crippen molar-refractivity contribution >= 4 is 17.9 Å². The van der Waals surface area contributed by atoms with E-state index in [0.29, 0.717) is 11.8 Å². The molecule has 0 saturated heterocycles. The molecular weight excluding hydrogens is 312 g/mol. The highest BCUT2D eigenvalue weighted by Crippen LogP contribution is 2.16. The minimum atomic E-state index is -0.429. The van der Waals surface area contributed by atoms with Crippen LogP contribution in [0.3, 0.4) is 0 Å². The first-order valence-corrected chi connectivity index (χ1v) is 6.93. The smallest absolute Gasteiger partial charge is 0.269 e. The maximum absolute atomic E-state index is 10.7. The summed E-state index contributed by atoms with van der Waals surface area (Å²) < 4.78 is 3.13. The first kappa shape index (κ1) is 15.2. The summed E-state index contributed by atoms with van der Waals surface area (Å²) in [6, 6.07) is 8.13. The lowest BCUT2D eigenvalue weighted by Gasteiger charge is -2.01. The Balaban J connectivity index is 1.70. The molecule has 0 bridgehead atoms. The number of aromatic nitrogens is 4. The predicted octanol–water partition coefficient (Wildman–Crippen LogP) is 1.45. The van der Waals surface area contributed by atoms with Crippen LogP contribution in [0.25, 0.3) is 5.69 Å². The number of nitro benzene ring substituents is 1. The highest BCUT2D eigenvalue weighted by Gasteiger charge is 2.05. The average molecular weight is 326 g/mol. The van der Waals surface area contributed by atoms with Gasteiger partial charge in [0.05, 0.1) is 11.1 Å². The van der Waals surface area contributed by atoms with Crippen molar-refractivity contribution in [3.63, 3.8) is 0 Å². The van der Waals surface area contributed by atoms with Crippen LogP contribution in [0.15, 0.2) is 47.8 Å². The van der Waals surface area contributed by atoms with E-state index in [9.17, 15) is 10.1 Å². The molecule has 3 aromatic rings. The molecule has 0 atom stereocenters. The van der Waals surface area contributed by atoms with Gasteiger partial charge in [0.15, 0.2) is 5.82 Å². The van der Waals surface area contributed by atoms with E-state index in [1.165, 1.54) is 16.8 Å². The zero-order valence-electron chi connectivity index (χ0n) is 12.7. The van der Waals surface area contributed by atoms with Crippen molar-refractivity contribution in [1.29, 1.82) is 0 Å². The zero-order valence-corrected chi connectivity index (χ0v) is 12.7. The molecule has 0 radical (unpaired) electrons. The summed E-state index contributed by atoms with van der Waals surface area (Å²) in [7, 11) is 0. The molecule has 0 spiro atoms. The summed E-state index contributed by atoms with van der Waals surface area (Å²) in [5, 5.41) is 22.3. The molecule has 10 nitrogen and oxygen atoms in total. The lowest BCUT2D eigenvalue weighted by Crippen LogP contribution is -2.13. The molecular formula is C14H14N8O2. The number of anilines is 1. The highest BCUT2D eigenvalue weighted by atomic mass is 16.6. The maximum atomic E-state index is 10.7. The van der Waals surface area contributed by atoms with Gasteiger partial charge in [0.1, 0.15) is 0 Å². The molecule has 0 aliphatic carbocycles. The van der Waals surface area contributed by atoms with E-state index in [4.69, 9.17) is 5.84 Å². The molecule has 122 valence electrons. The van der Waals surface area contributed by atoms with Crippen LogP contribution >= 0.6 is 0 Å². The number of nitrogen functional groups attached to an aromatic ring is 1. The molecule has 1 aromatic carbocycles. The van der Waals surface area contributed by atoms with Crippen molar-refractivity contribution in [3.8, 4) is 5.69 Å². The van der Waals surface area contributed by atoms with Crippen LogP contribution in [0.1, 0.15) is 11.4 Å². The van der Waals surface area contributed by atoms with E-state index in [-0.39, 0.29) is 5.69 Å². The van der Waals surface area contributed by atoms with E-state index in [2.05, 4.69) is 20.7 Å². The highest BCUT2D eigenvalue weighted by molar-refractivity contribution is 5.80. The number of benzene rings is 1. The Kier molecular flexibility index (Phi) is 3.93. The molecule has 0 amide bonds. The largest absolute Gasteiger partial charge is 0.335 e. The molecule has 2 aromatic heterocycles. The number of nitrogens with zero attached hydrogens (tertiary/aromatic N) is 6. The number of non-ortho nitro benzene ring substituents is 1. The zero-order chi connectivity index (χ0) is 17.1. The summed E-state index contributed by atoms with van der Waals surface area (Å²) in [4.78, 5) is 10.2. The van der Waals surface area contributed by atoms with Gasteiger partial charge in [-0.05, 0) is 25.1 Å². The van der Waals surface area contributed by atoms with Crippen LogP contribution in [0, 0.1) is 17.0 Å². The number of hydrogen-bond donors (Lipinski definition) is 2. The summed E-state index contributed by atoms with van der Waals surface area (Å²) in [5.41, 5.74) is 4.40. The van der Waals surface area contributed by atoms with Crippen LogP contribution in [0.2, 0.25) is 0 Å². The quantitative estimate of drug-likeness (QED) is 0.316. The third-order valence-electron chi connectivity index (χ3n) is 3.32. The topological polar surface area (TPSA) is 129 Å². The number of nitrogens with two attached hydrogens (primary N) is 1. The first-order valence-electron chi connectivity index (χ1n) is 6.93. The normalized spacial score (nSPS) is 11.0. The van der Waals surface area contributed by atoms with Crippen molar-refractivity contribution in [2.24, 2.45) is 5.10 Å². The average Bonchev–Trinajstić information content (AvgIpc) is 3.17. The molecule has 10 heteroatoms. The van der Waals surface area contributed by atoms with Gasteiger partial charge in [0.25, 0.3) is 11.6 Å². The van der Waals surface area contributed by atoms with E-state index >= 15 is 0 Å². The lowest BCUT2D eigenvalue weighted by molar-refractivity contribution is -0.384. The third kappa shape index (κ3) is 3.06. The Bertz CT molecular complexity index is 894. The van der Waals surface area contributed by atoms with Crippen molar-refractivity contribution < 1.29 is 4.92 Å². The summed E-state index contributed by atoms with van der Waals surface area (Å²) in [6.45, 7) is 1.73. The lowest BCUT2D eigenvalue weighted by atomic mass is 10.3. The van der Waals surface area contributed by atoms with Crippen molar-refractivity contribution in [3.05, 3.63) is 64.2 Å². The molecule has 24 heavy (non-hydrogen) atoms. The number of nitro groups is 1. The second kappa shape index (κ2) is 6.20. The van der Waals surface area contributed by atoms with Crippen LogP contribution in [0.4, 0.5) is 11.6 Å². The monoisotopic (exact) mass is 326 g/mol. The van der Waals surface area contributed by atoms with Gasteiger partial charge in [-0.1, -0.05) is 0 Å². The van der Waals surface area contributed by atoms with Gasteiger partial charge >= 0.3 is 0 Å². The molecule has 0 aliphatic heterocycles. The molecule has 3 rings (SSSR count). The van der Waals surface area contributed by atoms with Gasteiger partial charge < -0.3 is 10.4 Å². The van der Waals surface area contributed by atoms with Gasteiger partial charge in [-0.25, -0.2) is 10.1 Å². The van der Waals surface area contributed by atoms with E-state index in [0.717, 1.165) is 11.3 Å². The van der Waals surface area contributed by atoms with Crippen LogP contribution in [-0.4, -0.2) is 30.6 Å². The van der Waals surface area contributed by atoms with Gasteiger partial charge in [0, 0.05) is 35.8 Å². The number of hydrazone groups is 1.